The van der Waals surface area contributed by atoms with Crippen molar-refractivity contribution >= 4 is 23.3 Å². The first-order valence-corrected chi connectivity index (χ1v) is 8.35. The number of carbonyl (C=O) groups excluding carboxylic acids is 1. The van der Waals surface area contributed by atoms with E-state index in [2.05, 4.69) is 22.2 Å². The lowest BCUT2D eigenvalue weighted by Crippen LogP contribution is -2.28. The predicted octanol–water partition coefficient (Wildman–Crippen LogP) is 4.40. The van der Waals surface area contributed by atoms with E-state index in [0.717, 1.165) is 24.4 Å². The van der Waals surface area contributed by atoms with Crippen molar-refractivity contribution in [3.63, 3.8) is 0 Å². The van der Waals surface area contributed by atoms with Gasteiger partial charge in [0.25, 0.3) is 5.91 Å². The third-order valence-electron chi connectivity index (χ3n) is 3.40. The van der Waals surface area contributed by atoms with Crippen LogP contribution < -0.4 is 15.4 Å². The summed E-state index contributed by atoms with van der Waals surface area (Å²) in [5.74, 6) is -0.988. The van der Waals surface area contributed by atoms with Gasteiger partial charge >= 0.3 is 6.18 Å². The average Bonchev–Trinajstić information content (AvgIpc) is 2.62. The van der Waals surface area contributed by atoms with Crippen LogP contribution in [-0.2, 0) is 11.0 Å². The van der Waals surface area contributed by atoms with Crippen LogP contribution in [0.4, 0.5) is 23.4 Å². The van der Waals surface area contributed by atoms with Crippen LogP contribution in [0, 0.1) is 5.82 Å². The van der Waals surface area contributed by atoms with Gasteiger partial charge in [-0.1, -0.05) is 18.2 Å². The first-order chi connectivity index (χ1) is 13.1. The van der Waals surface area contributed by atoms with Gasteiger partial charge < -0.3 is 15.4 Å². The molecule has 0 atom stereocenters. The smallest absolute Gasteiger partial charge is 0.416 e. The molecular weight excluding hydrogens is 402 g/mol. The van der Waals surface area contributed by atoms with Gasteiger partial charge in [-0.15, -0.1) is 0 Å². The number of hydrogen-bond donors (Lipinski definition) is 2. The second kappa shape index (κ2) is 9.41. The molecule has 0 saturated heterocycles. The second-order valence-corrected chi connectivity index (χ2v) is 6.03. The minimum absolute atomic E-state index is 0.0575. The normalized spacial score (nSPS) is 11.0. The predicted molar refractivity (Wildman–Crippen MR) is 96.5 cm³/mol. The van der Waals surface area contributed by atoms with Crippen LogP contribution in [0.3, 0.4) is 0 Å². The number of aromatic nitrogens is 1. The fraction of sp³-hybridized carbons (Fsp3) is 0.222. The summed E-state index contributed by atoms with van der Waals surface area (Å²) in [5.41, 5.74) is -0.483. The highest BCUT2D eigenvalue weighted by Gasteiger charge is 2.30. The van der Waals surface area contributed by atoms with Crippen molar-refractivity contribution in [2.75, 3.05) is 18.5 Å². The molecule has 1 aromatic heterocycles. The molecule has 2 rings (SSSR count). The number of rotatable bonds is 8. The van der Waals surface area contributed by atoms with Gasteiger partial charge in [0, 0.05) is 30.9 Å². The van der Waals surface area contributed by atoms with E-state index >= 15 is 0 Å². The molecule has 0 spiro atoms. The zero-order valence-electron chi connectivity index (χ0n) is 14.4. The monoisotopic (exact) mass is 417 g/mol. The Balaban J connectivity index is 1.73. The SMILES string of the molecule is C=C(CCNc1cc(C(F)(F)F)ccn1)NC(=O)COc1ccc(Cl)c(F)c1. The summed E-state index contributed by atoms with van der Waals surface area (Å²) in [6.45, 7) is 3.49. The fourth-order valence-corrected chi connectivity index (χ4v) is 2.17. The average molecular weight is 418 g/mol. The Kier molecular flexibility index (Phi) is 7.22. The maximum absolute atomic E-state index is 13.3. The number of hydrogen-bond acceptors (Lipinski definition) is 4. The first-order valence-electron chi connectivity index (χ1n) is 7.98. The summed E-state index contributed by atoms with van der Waals surface area (Å²) in [6.07, 6.45) is -3.15. The lowest BCUT2D eigenvalue weighted by atomic mass is 10.2. The summed E-state index contributed by atoms with van der Waals surface area (Å²) >= 11 is 5.55. The van der Waals surface area contributed by atoms with Crippen LogP contribution in [-0.4, -0.2) is 24.0 Å². The third kappa shape index (κ3) is 6.73. The van der Waals surface area contributed by atoms with Crippen molar-refractivity contribution in [1.82, 2.24) is 10.3 Å². The maximum atomic E-state index is 13.3. The van der Waals surface area contributed by atoms with Crippen LogP contribution in [0.1, 0.15) is 12.0 Å². The molecule has 1 amide bonds. The van der Waals surface area contributed by atoms with Crippen LogP contribution in [0.15, 0.2) is 48.8 Å². The van der Waals surface area contributed by atoms with Crippen molar-refractivity contribution in [2.45, 2.75) is 12.6 Å². The number of anilines is 1. The van der Waals surface area contributed by atoms with Gasteiger partial charge in [0.05, 0.1) is 10.6 Å². The summed E-state index contributed by atoms with van der Waals surface area (Å²) in [4.78, 5) is 15.6. The van der Waals surface area contributed by atoms with Crippen molar-refractivity contribution in [3.8, 4) is 5.75 Å². The molecule has 2 N–H and O–H groups in total. The van der Waals surface area contributed by atoms with Gasteiger partial charge in [-0.2, -0.15) is 13.2 Å². The fourth-order valence-electron chi connectivity index (χ4n) is 2.06. The van der Waals surface area contributed by atoms with Gasteiger partial charge in [-0.25, -0.2) is 9.37 Å². The number of carbonyl (C=O) groups is 1. The first kappa shape index (κ1) is 21.5. The van der Waals surface area contributed by atoms with Gasteiger partial charge in [0.15, 0.2) is 6.61 Å². The Morgan fingerprint density at radius 3 is 2.68 bits per heavy atom. The van der Waals surface area contributed by atoms with E-state index in [1.54, 1.807) is 0 Å². The van der Waals surface area contributed by atoms with Crippen LogP contribution >= 0.6 is 11.6 Å². The minimum Gasteiger partial charge on any atom is -0.484 e. The molecule has 2 aromatic rings. The van der Waals surface area contributed by atoms with Crippen molar-refractivity contribution in [3.05, 3.63) is 65.2 Å². The van der Waals surface area contributed by atoms with Crippen LogP contribution in [0.2, 0.25) is 5.02 Å². The van der Waals surface area contributed by atoms with E-state index in [9.17, 15) is 22.4 Å². The lowest BCUT2D eigenvalue weighted by Gasteiger charge is -2.12. The third-order valence-corrected chi connectivity index (χ3v) is 3.70. The van der Waals surface area contributed by atoms with Crippen LogP contribution in [0.5, 0.6) is 5.75 Å². The van der Waals surface area contributed by atoms with E-state index in [1.165, 1.54) is 12.1 Å². The number of benzene rings is 1. The highest BCUT2D eigenvalue weighted by atomic mass is 35.5. The summed E-state index contributed by atoms with van der Waals surface area (Å²) in [7, 11) is 0. The molecule has 0 unspecified atom stereocenters. The summed E-state index contributed by atoms with van der Waals surface area (Å²) < 4.78 is 56.3. The number of alkyl halides is 3. The zero-order valence-corrected chi connectivity index (χ0v) is 15.2. The lowest BCUT2D eigenvalue weighted by molar-refractivity contribution is -0.137. The molecule has 0 aliphatic carbocycles. The summed E-state index contributed by atoms with van der Waals surface area (Å²) in [5, 5.41) is 5.14. The van der Waals surface area contributed by atoms with E-state index in [0.29, 0.717) is 5.70 Å². The Labute approximate surface area is 163 Å². The molecule has 0 bridgehead atoms. The molecule has 0 saturated carbocycles. The minimum atomic E-state index is -4.45. The molecule has 1 aromatic carbocycles. The second-order valence-electron chi connectivity index (χ2n) is 5.62. The Morgan fingerprint density at radius 1 is 1.25 bits per heavy atom. The highest BCUT2D eigenvalue weighted by molar-refractivity contribution is 6.30. The molecule has 0 fully saturated rings. The van der Waals surface area contributed by atoms with Crippen molar-refractivity contribution in [2.24, 2.45) is 0 Å². The molecule has 1 heterocycles. The topological polar surface area (TPSA) is 63.2 Å². The van der Waals surface area contributed by atoms with Gasteiger partial charge in [-0.3, -0.25) is 4.79 Å². The molecule has 0 radical (unpaired) electrons. The van der Waals surface area contributed by atoms with Gasteiger partial charge in [-0.05, 0) is 24.3 Å². The molecule has 150 valence electrons. The quantitative estimate of drug-likeness (QED) is 0.625. The Hall–Kier alpha value is -2.81. The standard InChI is InChI=1S/C18H16ClF4N3O2/c1-11(4-6-24-16-8-12(5-7-25-16)18(21,22)23)26-17(27)10-28-13-2-3-14(19)15(20)9-13/h2-3,5,7-9H,1,4,6,10H2,(H,24,25)(H,26,27). The van der Waals surface area contributed by atoms with Crippen LogP contribution in [0.25, 0.3) is 0 Å². The van der Waals surface area contributed by atoms with E-state index in [1.807, 2.05) is 0 Å². The number of amides is 1. The van der Waals surface area contributed by atoms with Crippen molar-refractivity contribution in [1.29, 1.82) is 0 Å². The maximum Gasteiger partial charge on any atom is 0.416 e. The molecule has 10 heteroatoms. The number of pyridine rings is 1. The van der Waals surface area contributed by atoms with E-state index in [-0.39, 0.29) is 36.2 Å². The molecule has 28 heavy (non-hydrogen) atoms. The van der Waals surface area contributed by atoms with E-state index < -0.39 is 23.5 Å². The van der Waals surface area contributed by atoms with Gasteiger partial charge in [0.2, 0.25) is 0 Å². The number of halogens is 5. The number of nitrogens with one attached hydrogen (secondary N) is 2. The Bertz CT molecular complexity index is 859. The molecule has 5 nitrogen and oxygen atoms in total. The number of ether oxygens (including phenoxy) is 1. The highest BCUT2D eigenvalue weighted by Crippen LogP contribution is 2.29. The molecule has 0 aliphatic heterocycles. The van der Waals surface area contributed by atoms with Crippen molar-refractivity contribution < 1.29 is 27.1 Å². The largest absolute Gasteiger partial charge is 0.484 e. The van der Waals surface area contributed by atoms with E-state index in [4.69, 9.17) is 16.3 Å². The molecular formula is C18H16ClF4N3O2. The van der Waals surface area contributed by atoms with Gasteiger partial charge in [0.1, 0.15) is 17.4 Å². The Morgan fingerprint density at radius 2 is 2.00 bits per heavy atom. The number of nitrogens with zero attached hydrogens (tertiary/aromatic N) is 1. The zero-order chi connectivity index (χ0) is 20.7. The summed E-state index contributed by atoms with van der Waals surface area (Å²) in [6, 6.07) is 5.53. The molecule has 0 aliphatic rings.